The summed E-state index contributed by atoms with van der Waals surface area (Å²) in [5.74, 6) is 1.86. The summed E-state index contributed by atoms with van der Waals surface area (Å²) in [7, 11) is 0. The molecule has 0 spiro atoms. The molecule has 3 heteroatoms. The van der Waals surface area contributed by atoms with Gasteiger partial charge in [-0.15, -0.1) is 0 Å². The van der Waals surface area contributed by atoms with Crippen molar-refractivity contribution >= 4 is 11.5 Å². The number of hydrogen-bond acceptors (Lipinski definition) is 3. The maximum absolute atomic E-state index is 5.73. The fraction of sp³-hybridized carbons (Fsp3) is 0.545. The van der Waals surface area contributed by atoms with Crippen molar-refractivity contribution in [2.45, 2.75) is 19.8 Å². The van der Waals surface area contributed by atoms with Crippen LogP contribution in [0.25, 0.3) is 0 Å². The van der Waals surface area contributed by atoms with Crippen molar-refractivity contribution in [2.24, 2.45) is 5.92 Å². The maximum atomic E-state index is 5.73. The van der Waals surface area contributed by atoms with Gasteiger partial charge in [0.05, 0.1) is 0 Å². The maximum Gasteiger partial charge on any atom is 0.130 e. The molecular formula is C11H17N3. The molecule has 1 atom stereocenters. The van der Waals surface area contributed by atoms with E-state index in [2.05, 4.69) is 16.8 Å². The second-order valence-electron chi connectivity index (χ2n) is 3.96. The summed E-state index contributed by atoms with van der Waals surface area (Å²) in [6.07, 6.45) is 4.33. The standard InChI is InChI=1S/C11H17N3/c1-2-9-4-6-14(8-9)11-7-10(12)3-5-13-11/h3,5,7,9H,2,4,6,8H2,1H3,(H2,12,13). The average molecular weight is 191 g/mol. The normalized spacial score (nSPS) is 21.5. The Kier molecular flexibility index (Phi) is 2.57. The van der Waals surface area contributed by atoms with Crippen molar-refractivity contribution in [2.75, 3.05) is 23.7 Å². The van der Waals surface area contributed by atoms with Gasteiger partial charge in [-0.25, -0.2) is 4.98 Å². The van der Waals surface area contributed by atoms with Gasteiger partial charge in [0, 0.05) is 31.0 Å². The van der Waals surface area contributed by atoms with Crippen LogP contribution in [0.15, 0.2) is 18.3 Å². The predicted octanol–water partition coefficient (Wildman–Crippen LogP) is 1.90. The minimum Gasteiger partial charge on any atom is -0.399 e. The van der Waals surface area contributed by atoms with Crippen LogP contribution in [-0.2, 0) is 0 Å². The highest BCUT2D eigenvalue weighted by Crippen LogP contribution is 2.24. The third kappa shape index (κ3) is 1.81. The van der Waals surface area contributed by atoms with Crippen LogP contribution in [0.4, 0.5) is 11.5 Å². The lowest BCUT2D eigenvalue weighted by Gasteiger charge is -2.17. The molecule has 0 amide bonds. The highest BCUT2D eigenvalue weighted by Gasteiger charge is 2.21. The van der Waals surface area contributed by atoms with E-state index in [4.69, 9.17) is 5.73 Å². The summed E-state index contributed by atoms with van der Waals surface area (Å²) in [5.41, 5.74) is 6.53. The molecule has 2 heterocycles. The molecule has 14 heavy (non-hydrogen) atoms. The van der Waals surface area contributed by atoms with E-state index in [9.17, 15) is 0 Å². The zero-order chi connectivity index (χ0) is 9.97. The van der Waals surface area contributed by atoms with E-state index >= 15 is 0 Å². The first-order valence-electron chi connectivity index (χ1n) is 5.26. The lowest BCUT2D eigenvalue weighted by Crippen LogP contribution is -2.20. The zero-order valence-corrected chi connectivity index (χ0v) is 8.61. The Morgan fingerprint density at radius 3 is 3.14 bits per heavy atom. The summed E-state index contributed by atoms with van der Waals surface area (Å²) >= 11 is 0. The molecule has 0 saturated carbocycles. The number of anilines is 2. The molecule has 2 rings (SSSR count). The van der Waals surface area contributed by atoms with Crippen LogP contribution < -0.4 is 10.6 Å². The molecule has 3 nitrogen and oxygen atoms in total. The van der Waals surface area contributed by atoms with E-state index < -0.39 is 0 Å². The number of hydrogen-bond donors (Lipinski definition) is 1. The van der Waals surface area contributed by atoms with E-state index in [-0.39, 0.29) is 0 Å². The number of aromatic nitrogens is 1. The van der Waals surface area contributed by atoms with Gasteiger partial charge < -0.3 is 10.6 Å². The predicted molar refractivity (Wildman–Crippen MR) is 59.3 cm³/mol. The Bertz CT molecular complexity index is 311. The largest absolute Gasteiger partial charge is 0.399 e. The molecular weight excluding hydrogens is 174 g/mol. The molecule has 1 aromatic rings. The lowest BCUT2D eigenvalue weighted by atomic mass is 10.1. The van der Waals surface area contributed by atoms with Gasteiger partial charge in [0.2, 0.25) is 0 Å². The monoisotopic (exact) mass is 191 g/mol. The van der Waals surface area contributed by atoms with Crippen LogP contribution in [0.3, 0.4) is 0 Å². The molecule has 1 aliphatic heterocycles. The molecule has 0 bridgehead atoms. The second-order valence-corrected chi connectivity index (χ2v) is 3.96. The quantitative estimate of drug-likeness (QED) is 0.776. The first kappa shape index (κ1) is 9.31. The van der Waals surface area contributed by atoms with Gasteiger partial charge in [-0.1, -0.05) is 13.3 Å². The van der Waals surface area contributed by atoms with E-state index in [0.29, 0.717) is 0 Å². The van der Waals surface area contributed by atoms with Crippen LogP contribution >= 0.6 is 0 Å². The Labute approximate surface area is 84.9 Å². The Hall–Kier alpha value is -1.25. The number of rotatable bonds is 2. The number of pyridine rings is 1. The Balaban J connectivity index is 2.09. The molecule has 1 aromatic heterocycles. The summed E-state index contributed by atoms with van der Waals surface area (Å²) in [5, 5.41) is 0. The van der Waals surface area contributed by atoms with Crippen molar-refractivity contribution in [1.82, 2.24) is 4.98 Å². The number of nitrogen functional groups attached to an aromatic ring is 1. The number of nitrogens with zero attached hydrogens (tertiary/aromatic N) is 2. The average Bonchev–Trinajstić information content (AvgIpc) is 2.66. The summed E-state index contributed by atoms with van der Waals surface area (Å²) in [4.78, 5) is 6.66. The van der Waals surface area contributed by atoms with Gasteiger partial charge >= 0.3 is 0 Å². The smallest absolute Gasteiger partial charge is 0.130 e. The fourth-order valence-electron chi connectivity index (χ4n) is 1.98. The zero-order valence-electron chi connectivity index (χ0n) is 8.61. The van der Waals surface area contributed by atoms with E-state index in [0.717, 1.165) is 30.5 Å². The summed E-state index contributed by atoms with van der Waals surface area (Å²) < 4.78 is 0. The first-order chi connectivity index (χ1) is 6.79. The third-order valence-electron chi connectivity index (χ3n) is 2.96. The minimum absolute atomic E-state index is 0.801. The lowest BCUT2D eigenvalue weighted by molar-refractivity contribution is 0.569. The summed E-state index contributed by atoms with van der Waals surface area (Å²) in [6.45, 7) is 4.50. The van der Waals surface area contributed by atoms with Gasteiger partial charge in [-0.3, -0.25) is 0 Å². The molecule has 1 unspecified atom stereocenters. The molecule has 1 fully saturated rings. The van der Waals surface area contributed by atoms with Gasteiger partial charge in [0.1, 0.15) is 5.82 Å². The molecule has 0 radical (unpaired) electrons. The van der Waals surface area contributed by atoms with Gasteiger partial charge in [-0.2, -0.15) is 0 Å². The topological polar surface area (TPSA) is 42.1 Å². The van der Waals surface area contributed by atoms with Gasteiger partial charge in [0.15, 0.2) is 0 Å². The molecule has 0 aromatic carbocycles. The number of nitrogens with two attached hydrogens (primary N) is 1. The van der Waals surface area contributed by atoms with E-state index in [1.165, 1.54) is 12.8 Å². The molecule has 2 N–H and O–H groups in total. The molecule has 1 saturated heterocycles. The highest BCUT2D eigenvalue weighted by atomic mass is 15.2. The van der Waals surface area contributed by atoms with Crippen molar-refractivity contribution in [3.05, 3.63) is 18.3 Å². The van der Waals surface area contributed by atoms with Crippen molar-refractivity contribution in [3.8, 4) is 0 Å². The van der Waals surface area contributed by atoms with Crippen molar-refractivity contribution in [3.63, 3.8) is 0 Å². The third-order valence-corrected chi connectivity index (χ3v) is 2.96. The van der Waals surface area contributed by atoms with E-state index in [1.54, 1.807) is 6.20 Å². The summed E-state index contributed by atoms with van der Waals surface area (Å²) in [6, 6.07) is 3.79. The minimum atomic E-state index is 0.801. The van der Waals surface area contributed by atoms with Crippen LogP contribution in [-0.4, -0.2) is 18.1 Å². The van der Waals surface area contributed by atoms with Gasteiger partial charge in [0.25, 0.3) is 0 Å². The van der Waals surface area contributed by atoms with Crippen LogP contribution in [0.1, 0.15) is 19.8 Å². The van der Waals surface area contributed by atoms with Crippen LogP contribution in [0.2, 0.25) is 0 Å². The fourth-order valence-corrected chi connectivity index (χ4v) is 1.98. The molecule has 1 aliphatic rings. The molecule has 0 aliphatic carbocycles. The van der Waals surface area contributed by atoms with Crippen molar-refractivity contribution in [1.29, 1.82) is 0 Å². The van der Waals surface area contributed by atoms with Crippen LogP contribution in [0, 0.1) is 5.92 Å². The van der Waals surface area contributed by atoms with Crippen molar-refractivity contribution < 1.29 is 0 Å². The first-order valence-corrected chi connectivity index (χ1v) is 5.26. The Morgan fingerprint density at radius 1 is 1.64 bits per heavy atom. The molecule has 76 valence electrons. The second kappa shape index (κ2) is 3.86. The SMILES string of the molecule is CCC1CCN(c2cc(N)ccn2)C1. The Morgan fingerprint density at radius 2 is 2.50 bits per heavy atom. The van der Waals surface area contributed by atoms with E-state index in [1.807, 2.05) is 12.1 Å². The highest BCUT2D eigenvalue weighted by molar-refractivity contribution is 5.50. The van der Waals surface area contributed by atoms with Gasteiger partial charge in [-0.05, 0) is 18.4 Å². The van der Waals surface area contributed by atoms with Crippen LogP contribution in [0.5, 0.6) is 0 Å².